The second kappa shape index (κ2) is 9.88. The zero-order valence-electron chi connectivity index (χ0n) is 16.6. The van der Waals surface area contributed by atoms with E-state index in [1.807, 2.05) is 6.07 Å². The standard InChI is InChI=1S/C23H21N3O4/c1-29-20-13-8-16(14-21(20)30-2)15-24-26-23(28)18-9-11-19(12-10-18)25-22(27)17-6-4-3-5-7-17/h3-15H,1-2H3,(H,25,27)(H,26,28)/b24-15+. The molecular weight excluding hydrogens is 382 g/mol. The molecule has 3 aromatic rings. The number of nitrogens with zero attached hydrogens (tertiary/aromatic N) is 1. The van der Waals surface area contributed by atoms with Gasteiger partial charge in [0.25, 0.3) is 11.8 Å². The Morgan fingerprint density at radius 1 is 0.800 bits per heavy atom. The van der Waals surface area contributed by atoms with Crippen molar-refractivity contribution in [1.82, 2.24) is 5.43 Å². The van der Waals surface area contributed by atoms with Gasteiger partial charge in [0.15, 0.2) is 11.5 Å². The lowest BCUT2D eigenvalue weighted by Gasteiger charge is -2.07. The quantitative estimate of drug-likeness (QED) is 0.465. The van der Waals surface area contributed by atoms with Crippen LogP contribution in [0.2, 0.25) is 0 Å². The summed E-state index contributed by atoms with van der Waals surface area (Å²) in [6.45, 7) is 0. The number of rotatable bonds is 7. The van der Waals surface area contributed by atoms with E-state index in [1.54, 1.807) is 80.9 Å². The molecule has 152 valence electrons. The third-order valence-electron chi connectivity index (χ3n) is 4.23. The smallest absolute Gasteiger partial charge is 0.271 e. The zero-order valence-corrected chi connectivity index (χ0v) is 16.6. The highest BCUT2D eigenvalue weighted by Gasteiger charge is 2.08. The Balaban J connectivity index is 1.58. The van der Waals surface area contributed by atoms with Gasteiger partial charge in [-0.15, -0.1) is 0 Å². The van der Waals surface area contributed by atoms with Gasteiger partial charge in [-0.1, -0.05) is 18.2 Å². The molecular formula is C23H21N3O4. The van der Waals surface area contributed by atoms with Crippen molar-refractivity contribution in [3.8, 4) is 11.5 Å². The number of methoxy groups -OCH3 is 2. The number of anilines is 1. The van der Waals surface area contributed by atoms with E-state index in [0.717, 1.165) is 5.56 Å². The first-order chi connectivity index (χ1) is 14.6. The number of ether oxygens (including phenoxy) is 2. The summed E-state index contributed by atoms with van der Waals surface area (Å²) in [5.74, 6) is 0.596. The van der Waals surface area contributed by atoms with E-state index in [9.17, 15) is 9.59 Å². The minimum absolute atomic E-state index is 0.215. The fraction of sp³-hybridized carbons (Fsp3) is 0.0870. The third kappa shape index (κ3) is 5.23. The monoisotopic (exact) mass is 403 g/mol. The molecule has 0 aliphatic heterocycles. The summed E-state index contributed by atoms with van der Waals surface area (Å²) in [7, 11) is 3.11. The van der Waals surface area contributed by atoms with Crippen LogP contribution in [0.1, 0.15) is 26.3 Å². The maximum atomic E-state index is 12.3. The fourth-order valence-electron chi connectivity index (χ4n) is 2.66. The second-order valence-corrected chi connectivity index (χ2v) is 6.21. The van der Waals surface area contributed by atoms with Crippen molar-refractivity contribution in [3.63, 3.8) is 0 Å². The first-order valence-corrected chi connectivity index (χ1v) is 9.12. The molecule has 3 aromatic carbocycles. The first kappa shape index (κ1) is 20.6. The Morgan fingerprint density at radius 2 is 1.47 bits per heavy atom. The highest BCUT2D eigenvalue weighted by atomic mass is 16.5. The number of amides is 2. The normalized spacial score (nSPS) is 10.5. The predicted octanol–water partition coefficient (Wildman–Crippen LogP) is 3.72. The molecule has 0 fully saturated rings. The SMILES string of the molecule is COc1ccc(/C=N/NC(=O)c2ccc(NC(=O)c3ccccc3)cc2)cc1OC. The van der Waals surface area contributed by atoms with E-state index in [4.69, 9.17) is 9.47 Å². The van der Waals surface area contributed by atoms with Crippen LogP contribution >= 0.6 is 0 Å². The molecule has 0 aromatic heterocycles. The molecule has 0 heterocycles. The molecule has 0 saturated carbocycles. The largest absolute Gasteiger partial charge is 0.493 e. The highest BCUT2D eigenvalue weighted by molar-refractivity contribution is 6.04. The molecule has 7 nitrogen and oxygen atoms in total. The van der Waals surface area contributed by atoms with Crippen LogP contribution in [0.25, 0.3) is 0 Å². The molecule has 0 spiro atoms. The molecule has 0 atom stereocenters. The van der Waals surface area contributed by atoms with Gasteiger partial charge in [-0.05, 0) is 60.2 Å². The van der Waals surface area contributed by atoms with Crippen molar-refractivity contribution in [2.24, 2.45) is 5.10 Å². The number of hydrazone groups is 1. The van der Waals surface area contributed by atoms with E-state index in [1.165, 1.54) is 6.21 Å². The Hall–Kier alpha value is -4.13. The van der Waals surface area contributed by atoms with Gasteiger partial charge < -0.3 is 14.8 Å². The van der Waals surface area contributed by atoms with Gasteiger partial charge in [0.2, 0.25) is 0 Å². The molecule has 2 amide bonds. The molecule has 3 rings (SSSR count). The van der Waals surface area contributed by atoms with Gasteiger partial charge in [0.05, 0.1) is 20.4 Å². The zero-order chi connectivity index (χ0) is 21.3. The van der Waals surface area contributed by atoms with Crippen molar-refractivity contribution >= 4 is 23.7 Å². The number of carbonyl (C=O) groups excluding carboxylic acids is 2. The van der Waals surface area contributed by atoms with Crippen molar-refractivity contribution in [3.05, 3.63) is 89.5 Å². The lowest BCUT2D eigenvalue weighted by molar-refractivity contribution is 0.0954. The van der Waals surface area contributed by atoms with Crippen LogP contribution in [-0.4, -0.2) is 32.2 Å². The van der Waals surface area contributed by atoms with E-state index in [2.05, 4.69) is 15.8 Å². The number of carbonyl (C=O) groups is 2. The van der Waals surface area contributed by atoms with Crippen molar-refractivity contribution in [1.29, 1.82) is 0 Å². The summed E-state index contributed by atoms with van der Waals surface area (Å²) in [6.07, 6.45) is 1.51. The highest BCUT2D eigenvalue weighted by Crippen LogP contribution is 2.26. The number of benzene rings is 3. The van der Waals surface area contributed by atoms with Crippen LogP contribution in [0, 0.1) is 0 Å². The number of nitrogens with one attached hydrogen (secondary N) is 2. The van der Waals surface area contributed by atoms with Gasteiger partial charge in [-0.25, -0.2) is 5.43 Å². The molecule has 0 unspecified atom stereocenters. The molecule has 7 heteroatoms. The lowest BCUT2D eigenvalue weighted by Crippen LogP contribution is -2.17. The topological polar surface area (TPSA) is 89.0 Å². The minimum Gasteiger partial charge on any atom is -0.493 e. The summed E-state index contributed by atoms with van der Waals surface area (Å²) >= 11 is 0. The van der Waals surface area contributed by atoms with Crippen molar-refractivity contribution in [2.75, 3.05) is 19.5 Å². The van der Waals surface area contributed by atoms with Crippen LogP contribution in [0.3, 0.4) is 0 Å². The van der Waals surface area contributed by atoms with Gasteiger partial charge in [-0.2, -0.15) is 5.10 Å². The van der Waals surface area contributed by atoms with Crippen LogP contribution in [-0.2, 0) is 0 Å². The molecule has 0 bridgehead atoms. The van der Waals surface area contributed by atoms with Crippen LogP contribution < -0.4 is 20.2 Å². The summed E-state index contributed by atoms with van der Waals surface area (Å²) < 4.78 is 10.4. The Morgan fingerprint density at radius 3 is 2.13 bits per heavy atom. The number of hydrogen-bond donors (Lipinski definition) is 2. The lowest BCUT2D eigenvalue weighted by atomic mass is 10.1. The molecule has 30 heavy (non-hydrogen) atoms. The van der Waals surface area contributed by atoms with Gasteiger partial charge in [0.1, 0.15) is 0 Å². The van der Waals surface area contributed by atoms with Crippen molar-refractivity contribution in [2.45, 2.75) is 0 Å². The molecule has 0 saturated heterocycles. The fourth-order valence-corrected chi connectivity index (χ4v) is 2.66. The maximum absolute atomic E-state index is 12.3. The second-order valence-electron chi connectivity index (χ2n) is 6.21. The van der Waals surface area contributed by atoms with Crippen LogP contribution in [0.5, 0.6) is 11.5 Å². The van der Waals surface area contributed by atoms with Gasteiger partial charge >= 0.3 is 0 Å². The molecule has 0 aliphatic rings. The van der Waals surface area contributed by atoms with E-state index < -0.39 is 0 Å². The van der Waals surface area contributed by atoms with Crippen molar-refractivity contribution < 1.29 is 19.1 Å². The molecule has 0 aliphatic carbocycles. The summed E-state index contributed by atoms with van der Waals surface area (Å²) in [4.78, 5) is 24.4. The Labute approximate surface area is 174 Å². The third-order valence-corrected chi connectivity index (χ3v) is 4.23. The van der Waals surface area contributed by atoms with E-state index in [0.29, 0.717) is 28.3 Å². The average Bonchev–Trinajstić information content (AvgIpc) is 2.79. The van der Waals surface area contributed by atoms with Gasteiger partial charge in [-0.3, -0.25) is 9.59 Å². The van der Waals surface area contributed by atoms with Gasteiger partial charge in [0, 0.05) is 16.8 Å². The Bertz CT molecular complexity index is 1050. The molecule has 2 N–H and O–H groups in total. The van der Waals surface area contributed by atoms with E-state index in [-0.39, 0.29) is 11.8 Å². The molecule has 0 radical (unpaired) electrons. The summed E-state index contributed by atoms with van der Waals surface area (Å²) in [5, 5.41) is 6.76. The summed E-state index contributed by atoms with van der Waals surface area (Å²) in [6, 6.07) is 20.7. The maximum Gasteiger partial charge on any atom is 0.271 e. The van der Waals surface area contributed by atoms with Crippen LogP contribution in [0.4, 0.5) is 5.69 Å². The minimum atomic E-state index is -0.368. The van der Waals surface area contributed by atoms with Crippen LogP contribution in [0.15, 0.2) is 77.9 Å². The van der Waals surface area contributed by atoms with E-state index >= 15 is 0 Å². The first-order valence-electron chi connectivity index (χ1n) is 9.12. The average molecular weight is 403 g/mol. The Kier molecular flexibility index (Phi) is 6.78. The summed E-state index contributed by atoms with van der Waals surface area (Å²) in [5.41, 5.74) is 4.78. The number of hydrogen-bond acceptors (Lipinski definition) is 5. The predicted molar refractivity (Wildman–Crippen MR) is 115 cm³/mol.